The van der Waals surface area contributed by atoms with Gasteiger partial charge in [0, 0.05) is 13.2 Å². The molecule has 0 aliphatic heterocycles. The van der Waals surface area contributed by atoms with Crippen molar-refractivity contribution < 1.29 is 13.2 Å². The lowest BCUT2D eigenvalue weighted by molar-refractivity contribution is 0.133. The molecule has 0 radical (unpaired) electrons. The molecule has 90 valence electrons. The van der Waals surface area contributed by atoms with Crippen LogP contribution in [0.15, 0.2) is 24.3 Å². The summed E-state index contributed by atoms with van der Waals surface area (Å²) in [4.78, 5) is 0. The molecule has 0 atom stereocenters. The lowest BCUT2D eigenvalue weighted by Gasteiger charge is -2.09. The number of benzene rings is 1. The normalized spacial score (nSPS) is 11.6. The van der Waals surface area contributed by atoms with Gasteiger partial charge in [-0.2, -0.15) is 13.1 Å². The summed E-state index contributed by atoms with van der Waals surface area (Å²) in [6.07, 6.45) is 0. The van der Waals surface area contributed by atoms with Gasteiger partial charge >= 0.3 is 0 Å². The maximum absolute atomic E-state index is 10.8. The van der Waals surface area contributed by atoms with Crippen LogP contribution in [0.2, 0.25) is 0 Å². The SMILES string of the molecule is CCOCc1ccccc1CNS(N)(=O)=O. The van der Waals surface area contributed by atoms with Gasteiger partial charge < -0.3 is 4.74 Å². The fraction of sp³-hybridized carbons (Fsp3) is 0.400. The first-order valence-electron chi connectivity index (χ1n) is 4.95. The summed E-state index contributed by atoms with van der Waals surface area (Å²) in [5.74, 6) is 0. The summed E-state index contributed by atoms with van der Waals surface area (Å²) in [5, 5.41) is 4.86. The topological polar surface area (TPSA) is 81.4 Å². The van der Waals surface area contributed by atoms with E-state index in [-0.39, 0.29) is 6.54 Å². The molecule has 0 saturated heterocycles. The summed E-state index contributed by atoms with van der Waals surface area (Å²) in [6, 6.07) is 7.47. The average molecular weight is 244 g/mol. The molecule has 1 aromatic rings. The summed E-state index contributed by atoms with van der Waals surface area (Å²) < 4.78 is 29.1. The van der Waals surface area contributed by atoms with Crippen molar-refractivity contribution in [2.24, 2.45) is 5.14 Å². The van der Waals surface area contributed by atoms with Crippen molar-refractivity contribution >= 4 is 10.2 Å². The van der Waals surface area contributed by atoms with Crippen LogP contribution in [-0.4, -0.2) is 15.0 Å². The predicted molar refractivity (Wildman–Crippen MR) is 61.7 cm³/mol. The minimum Gasteiger partial charge on any atom is -0.377 e. The van der Waals surface area contributed by atoms with Gasteiger partial charge in [0.05, 0.1) is 6.61 Å². The van der Waals surface area contributed by atoms with Crippen molar-refractivity contribution in [3.8, 4) is 0 Å². The molecule has 0 unspecified atom stereocenters. The number of ether oxygens (including phenoxy) is 1. The molecule has 5 nitrogen and oxygen atoms in total. The fourth-order valence-electron chi connectivity index (χ4n) is 1.26. The molecule has 1 aromatic carbocycles. The molecule has 16 heavy (non-hydrogen) atoms. The highest BCUT2D eigenvalue weighted by Crippen LogP contribution is 2.10. The predicted octanol–water partition coefficient (Wildman–Crippen LogP) is 0.516. The van der Waals surface area contributed by atoms with Crippen LogP contribution in [0.5, 0.6) is 0 Å². The second-order valence-corrected chi connectivity index (χ2v) is 4.65. The molecule has 0 fully saturated rings. The van der Waals surface area contributed by atoms with E-state index in [0.29, 0.717) is 13.2 Å². The van der Waals surface area contributed by atoms with E-state index in [9.17, 15) is 8.42 Å². The number of hydrogen-bond donors (Lipinski definition) is 2. The van der Waals surface area contributed by atoms with Crippen LogP contribution in [0.4, 0.5) is 0 Å². The first-order valence-corrected chi connectivity index (χ1v) is 6.49. The highest BCUT2D eigenvalue weighted by Gasteiger charge is 2.05. The molecule has 0 amide bonds. The van der Waals surface area contributed by atoms with Gasteiger partial charge in [-0.05, 0) is 18.1 Å². The van der Waals surface area contributed by atoms with E-state index in [4.69, 9.17) is 9.88 Å². The molecule has 0 aromatic heterocycles. The number of hydrogen-bond acceptors (Lipinski definition) is 3. The summed E-state index contributed by atoms with van der Waals surface area (Å²) in [7, 11) is -3.65. The minimum atomic E-state index is -3.65. The van der Waals surface area contributed by atoms with E-state index in [0.717, 1.165) is 11.1 Å². The van der Waals surface area contributed by atoms with Gasteiger partial charge in [-0.3, -0.25) is 0 Å². The fourth-order valence-corrected chi connectivity index (χ4v) is 1.62. The van der Waals surface area contributed by atoms with Crippen LogP contribution in [0, 0.1) is 0 Å². The largest absolute Gasteiger partial charge is 0.377 e. The molecule has 1 rings (SSSR count). The van der Waals surface area contributed by atoms with Crippen molar-refractivity contribution in [2.75, 3.05) is 6.61 Å². The Morgan fingerprint density at radius 1 is 1.31 bits per heavy atom. The number of nitrogens with two attached hydrogens (primary N) is 1. The molecular weight excluding hydrogens is 228 g/mol. The summed E-state index contributed by atoms with van der Waals surface area (Å²) >= 11 is 0. The van der Waals surface area contributed by atoms with Crippen LogP contribution in [-0.2, 0) is 28.1 Å². The monoisotopic (exact) mass is 244 g/mol. The highest BCUT2D eigenvalue weighted by atomic mass is 32.2. The van der Waals surface area contributed by atoms with E-state index in [1.807, 2.05) is 31.2 Å². The Morgan fingerprint density at radius 2 is 1.94 bits per heavy atom. The summed E-state index contributed by atoms with van der Waals surface area (Å²) in [6.45, 7) is 3.18. The van der Waals surface area contributed by atoms with Gasteiger partial charge in [-0.1, -0.05) is 24.3 Å². The lowest BCUT2D eigenvalue weighted by Crippen LogP contribution is -2.30. The Labute approximate surface area is 95.8 Å². The van der Waals surface area contributed by atoms with E-state index in [1.54, 1.807) is 0 Å². The number of rotatable bonds is 6. The first-order chi connectivity index (χ1) is 7.53. The Balaban J connectivity index is 2.71. The molecular formula is C10H16N2O3S. The molecule has 0 spiro atoms. The zero-order chi connectivity index (χ0) is 12.0. The van der Waals surface area contributed by atoms with Crippen LogP contribution < -0.4 is 9.86 Å². The number of nitrogens with one attached hydrogen (secondary N) is 1. The van der Waals surface area contributed by atoms with Crippen molar-refractivity contribution in [3.63, 3.8) is 0 Å². The Kier molecular flexibility index (Phi) is 4.88. The van der Waals surface area contributed by atoms with Gasteiger partial charge in [-0.15, -0.1) is 0 Å². The second kappa shape index (κ2) is 5.95. The summed E-state index contributed by atoms with van der Waals surface area (Å²) in [5.41, 5.74) is 1.82. The van der Waals surface area contributed by atoms with Crippen LogP contribution in [0.25, 0.3) is 0 Å². The molecule has 0 bridgehead atoms. The third kappa shape index (κ3) is 4.71. The van der Waals surface area contributed by atoms with Crippen molar-refractivity contribution in [1.82, 2.24) is 4.72 Å². The third-order valence-electron chi connectivity index (χ3n) is 2.04. The first kappa shape index (κ1) is 13.1. The molecule has 0 aliphatic rings. The van der Waals surface area contributed by atoms with E-state index >= 15 is 0 Å². The van der Waals surface area contributed by atoms with E-state index in [2.05, 4.69) is 4.72 Å². The van der Waals surface area contributed by atoms with Gasteiger partial charge in [0.25, 0.3) is 10.2 Å². The molecule has 0 saturated carbocycles. The van der Waals surface area contributed by atoms with E-state index < -0.39 is 10.2 Å². The van der Waals surface area contributed by atoms with Crippen molar-refractivity contribution in [2.45, 2.75) is 20.1 Å². The lowest BCUT2D eigenvalue weighted by atomic mass is 10.1. The van der Waals surface area contributed by atoms with Crippen LogP contribution in [0.3, 0.4) is 0 Å². The molecule has 3 N–H and O–H groups in total. The van der Waals surface area contributed by atoms with Crippen LogP contribution >= 0.6 is 0 Å². The Hall–Kier alpha value is -0.950. The maximum Gasteiger partial charge on any atom is 0.274 e. The van der Waals surface area contributed by atoms with Gasteiger partial charge in [0.15, 0.2) is 0 Å². The van der Waals surface area contributed by atoms with Crippen molar-refractivity contribution in [3.05, 3.63) is 35.4 Å². The second-order valence-electron chi connectivity index (χ2n) is 3.27. The maximum atomic E-state index is 10.8. The van der Waals surface area contributed by atoms with Gasteiger partial charge in [-0.25, -0.2) is 5.14 Å². The van der Waals surface area contributed by atoms with Crippen molar-refractivity contribution in [1.29, 1.82) is 0 Å². The average Bonchev–Trinajstić information content (AvgIpc) is 2.23. The minimum absolute atomic E-state index is 0.183. The molecule has 0 heterocycles. The standard InChI is InChI=1S/C10H16N2O3S/c1-2-15-8-10-6-4-3-5-9(10)7-12-16(11,13)14/h3-6,12H,2,7-8H2,1H3,(H2,11,13,14). The van der Waals surface area contributed by atoms with Gasteiger partial charge in [0.1, 0.15) is 0 Å². The van der Waals surface area contributed by atoms with E-state index in [1.165, 1.54) is 0 Å². The third-order valence-corrected chi connectivity index (χ3v) is 2.59. The smallest absolute Gasteiger partial charge is 0.274 e. The van der Waals surface area contributed by atoms with Gasteiger partial charge in [0.2, 0.25) is 0 Å². The Bertz CT molecular complexity index is 431. The zero-order valence-electron chi connectivity index (χ0n) is 9.14. The Morgan fingerprint density at radius 3 is 2.50 bits per heavy atom. The molecule has 0 aliphatic carbocycles. The highest BCUT2D eigenvalue weighted by molar-refractivity contribution is 7.87. The van der Waals surface area contributed by atoms with Crippen LogP contribution in [0.1, 0.15) is 18.1 Å². The zero-order valence-corrected chi connectivity index (χ0v) is 9.96. The molecule has 6 heteroatoms. The quantitative estimate of drug-likeness (QED) is 0.765.